The number of para-hydroxylation sites is 1. The Kier molecular flexibility index (Phi) is 11.4. The molecule has 9 rings (SSSR count). The second-order valence-electron chi connectivity index (χ2n) is 21.8. The summed E-state index contributed by atoms with van der Waals surface area (Å²) < 4.78 is 9.29. The van der Waals surface area contributed by atoms with Crippen molar-refractivity contribution in [1.82, 2.24) is 9.55 Å². The Hall–Kier alpha value is -6.33. The molecule has 1 aliphatic rings. The van der Waals surface area contributed by atoms with E-state index < -0.39 is 0 Å². The second kappa shape index (κ2) is 16.8. The Balaban J connectivity index is 1.14. The highest BCUT2D eigenvalue weighted by Crippen LogP contribution is 2.49. The summed E-state index contributed by atoms with van der Waals surface area (Å²) in [5.41, 5.74) is 18.7. The van der Waals surface area contributed by atoms with Crippen LogP contribution in [-0.4, -0.2) is 16.2 Å². The maximum atomic E-state index is 7.00. The van der Waals surface area contributed by atoms with E-state index in [1.54, 1.807) is 0 Å². The lowest BCUT2D eigenvalue weighted by atomic mass is 9.81. The SMILES string of the molecule is Cc1cc2c(cc1C)N(c1cc(Oc3ccc4c5ccccc5n(-c5cc(C(C)(C)C)ccn5)c4c3)cc(C(C)(C)C)c1)CN2c1cccc(-c2c(C(C)C)cc(C(C)C)cc2C(C)C)c1. The lowest BCUT2D eigenvalue weighted by molar-refractivity contribution is 0.479. The van der Waals surface area contributed by atoms with Gasteiger partial charge in [0, 0.05) is 40.5 Å². The third-order valence-corrected chi connectivity index (χ3v) is 13.8. The van der Waals surface area contributed by atoms with Crippen LogP contribution in [0.2, 0.25) is 0 Å². The molecule has 8 aromatic rings. The Bertz CT molecular complexity index is 3100. The van der Waals surface area contributed by atoms with Gasteiger partial charge in [0.15, 0.2) is 0 Å². The normalized spacial score (nSPS) is 13.3. The first-order chi connectivity index (χ1) is 31.3. The maximum absolute atomic E-state index is 7.00. The lowest BCUT2D eigenvalue weighted by Crippen LogP contribution is -2.24. The predicted molar refractivity (Wildman–Crippen MR) is 282 cm³/mol. The Morgan fingerprint density at radius 3 is 1.80 bits per heavy atom. The summed E-state index contributed by atoms with van der Waals surface area (Å²) in [6, 6.07) is 45.2. The van der Waals surface area contributed by atoms with Gasteiger partial charge in [-0.15, -0.1) is 0 Å². The monoisotopic (exact) mass is 873 g/mol. The van der Waals surface area contributed by atoms with Gasteiger partial charge in [-0.2, -0.15) is 0 Å². The highest BCUT2D eigenvalue weighted by molar-refractivity contribution is 6.09. The Morgan fingerprint density at radius 1 is 0.530 bits per heavy atom. The number of aryl methyl sites for hydroxylation is 2. The summed E-state index contributed by atoms with van der Waals surface area (Å²) in [6.45, 7) is 32.7. The summed E-state index contributed by atoms with van der Waals surface area (Å²) in [7, 11) is 0. The number of ether oxygens (including phenoxy) is 1. The number of fused-ring (bicyclic) bond motifs is 4. The molecule has 0 amide bonds. The van der Waals surface area contributed by atoms with Gasteiger partial charge in [0.05, 0.1) is 22.4 Å². The third-order valence-electron chi connectivity index (χ3n) is 13.8. The Morgan fingerprint density at radius 2 is 1.17 bits per heavy atom. The summed E-state index contributed by atoms with van der Waals surface area (Å²) in [5, 5.41) is 2.36. The van der Waals surface area contributed by atoms with E-state index in [-0.39, 0.29) is 10.8 Å². The van der Waals surface area contributed by atoms with Crippen LogP contribution in [0.25, 0.3) is 38.8 Å². The van der Waals surface area contributed by atoms with Crippen molar-refractivity contribution in [3.8, 4) is 28.4 Å². The average molecular weight is 873 g/mol. The molecule has 0 radical (unpaired) electrons. The van der Waals surface area contributed by atoms with Gasteiger partial charge in [-0.05, 0) is 159 Å². The van der Waals surface area contributed by atoms with Crippen LogP contribution >= 0.6 is 0 Å². The molecule has 0 atom stereocenters. The van der Waals surface area contributed by atoms with Gasteiger partial charge in [-0.3, -0.25) is 4.57 Å². The van der Waals surface area contributed by atoms with E-state index in [0.717, 1.165) is 34.0 Å². The molecule has 0 saturated heterocycles. The number of hydrogen-bond donors (Lipinski definition) is 0. The highest BCUT2D eigenvalue weighted by Gasteiger charge is 2.31. The summed E-state index contributed by atoms with van der Waals surface area (Å²) in [6.07, 6.45) is 1.93. The zero-order valence-electron chi connectivity index (χ0n) is 41.8. The van der Waals surface area contributed by atoms with Gasteiger partial charge in [-0.1, -0.05) is 126 Å². The third kappa shape index (κ3) is 8.27. The molecule has 3 heterocycles. The van der Waals surface area contributed by atoms with Crippen molar-refractivity contribution >= 4 is 44.6 Å². The standard InChI is InChI=1S/C61H68N4O/c1-37(2)43-29-52(38(3)4)59(53(30-43)39(5)6)42-18-17-19-46(28-42)63-36-64(57-27-41(8)40(7)26-56(57)63)47-31-45(61(12,13)14)32-49(34-47)66-48-22-23-51-50-20-15-16-21-54(50)65(55(51)35-48)58-33-44(24-25-62-58)60(9,10)11/h15-35,37-39H,36H2,1-14H3. The average Bonchev–Trinajstić information content (AvgIpc) is 3.80. The van der Waals surface area contributed by atoms with Crippen LogP contribution in [0.1, 0.15) is 140 Å². The van der Waals surface area contributed by atoms with Crippen LogP contribution in [0.4, 0.5) is 22.7 Å². The number of aromatic nitrogens is 2. The number of benzene rings is 6. The Labute approximate surface area is 394 Å². The molecule has 0 N–H and O–H groups in total. The van der Waals surface area contributed by atoms with E-state index >= 15 is 0 Å². The predicted octanol–water partition coefficient (Wildman–Crippen LogP) is 17.5. The van der Waals surface area contributed by atoms with Crippen molar-refractivity contribution in [2.24, 2.45) is 0 Å². The minimum absolute atomic E-state index is 0.00985. The molecule has 5 nitrogen and oxygen atoms in total. The largest absolute Gasteiger partial charge is 0.457 e. The summed E-state index contributed by atoms with van der Waals surface area (Å²) in [4.78, 5) is 9.90. The summed E-state index contributed by atoms with van der Waals surface area (Å²) in [5.74, 6) is 3.76. The zero-order valence-corrected chi connectivity index (χ0v) is 41.8. The van der Waals surface area contributed by atoms with E-state index in [1.165, 1.54) is 77.9 Å². The minimum Gasteiger partial charge on any atom is -0.457 e. The van der Waals surface area contributed by atoms with Crippen molar-refractivity contribution in [3.05, 3.63) is 166 Å². The number of hydrogen-bond acceptors (Lipinski definition) is 4. The van der Waals surface area contributed by atoms with Crippen molar-refractivity contribution < 1.29 is 4.74 Å². The van der Waals surface area contributed by atoms with Crippen LogP contribution in [0.15, 0.2) is 128 Å². The van der Waals surface area contributed by atoms with Crippen molar-refractivity contribution in [1.29, 1.82) is 0 Å². The van der Waals surface area contributed by atoms with Gasteiger partial charge in [0.2, 0.25) is 0 Å². The second-order valence-corrected chi connectivity index (χ2v) is 21.8. The number of pyridine rings is 1. The van der Waals surface area contributed by atoms with Crippen LogP contribution < -0.4 is 14.5 Å². The van der Waals surface area contributed by atoms with E-state index in [4.69, 9.17) is 9.72 Å². The lowest BCUT2D eigenvalue weighted by Gasteiger charge is -2.27. The first-order valence-corrected chi connectivity index (χ1v) is 24.0. The molecular formula is C61H68N4O. The number of nitrogens with zero attached hydrogens (tertiary/aromatic N) is 4. The molecule has 0 unspecified atom stereocenters. The first-order valence-electron chi connectivity index (χ1n) is 24.0. The van der Waals surface area contributed by atoms with Gasteiger partial charge in [0.1, 0.15) is 24.0 Å². The molecule has 0 aliphatic carbocycles. The van der Waals surface area contributed by atoms with Crippen LogP contribution in [0.5, 0.6) is 11.5 Å². The molecule has 0 spiro atoms. The fraction of sp³-hybridized carbons (Fsp3) is 0.328. The van der Waals surface area contributed by atoms with Crippen LogP contribution in [0, 0.1) is 13.8 Å². The molecule has 5 heteroatoms. The van der Waals surface area contributed by atoms with E-state index in [2.05, 4.69) is 233 Å². The molecule has 0 bridgehead atoms. The minimum atomic E-state index is -0.124. The number of anilines is 4. The van der Waals surface area contributed by atoms with Gasteiger partial charge < -0.3 is 14.5 Å². The van der Waals surface area contributed by atoms with Crippen molar-refractivity contribution in [2.45, 2.75) is 126 Å². The fourth-order valence-electron chi connectivity index (χ4n) is 9.71. The molecule has 66 heavy (non-hydrogen) atoms. The molecule has 2 aromatic heterocycles. The maximum Gasteiger partial charge on any atom is 0.137 e. The molecule has 1 aliphatic heterocycles. The van der Waals surface area contributed by atoms with Gasteiger partial charge in [0.25, 0.3) is 0 Å². The smallest absolute Gasteiger partial charge is 0.137 e. The first kappa shape index (κ1) is 44.9. The zero-order chi connectivity index (χ0) is 47.0. The highest BCUT2D eigenvalue weighted by atomic mass is 16.5. The molecule has 0 saturated carbocycles. The van der Waals surface area contributed by atoms with Crippen molar-refractivity contribution in [3.63, 3.8) is 0 Å². The fourth-order valence-corrected chi connectivity index (χ4v) is 9.71. The van der Waals surface area contributed by atoms with Crippen LogP contribution in [-0.2, 0) is 10.8 Å². The van der Waals surface area contributed by atoms with Crippen LogP contribution in [0.3, 0.4) is 0 Å². The van der Waals surface area contributed by atoms with E-state index in [9.17, 15) is 0 Å². The summed E-state index contributed by atoms with van der Waals surface area (Å²) >= 11 is 0. The van der Waals surface area contributed by atoms with E-state index in [0.29, 0.717) is 24.4 Å². The van der Waals surface area contributed by atoms with Gasteiger partial charge in [-0.25, -0.2) is 4.98 Å². The van der Waals surface area contributed by atoms with E-state index in [1.807, 2.05) is 6.20 Å². The van der Waals surface area contributed by atoms with Gasteiger partial charge >= 0.3 is 0 Å². The quantitative estimate of drug-likeness (QED) is 0.145. The number of rotatable bonds is 9. The topological polar surface area (TPSA) is 33.5 Å². The van der Waals surface area contributed by atoms with Crippen molar-refractivity contribution in [2.75, 3.05) is 16.5 Å². The molecule has 6 aromatic carbocycles. The molecular weight excluding hydrogens is 805 g/mol. The molecule has 0 fully saturated rings. The molecule has 338 valence electrons.